The average molecular weight is 439 g/mol. The van der Waals surface area contributed by atoms with Crippen LogP contribution in [0.2, 0.25) is 0 Å². The summed E-state index contributed by atoms with van der Waals surface area (Å²) in [5, 5.41) is 3.83. The first kappa shape index (κ1) is 20.9. The smallest absolute Gasteiger partial charge is 0.231 e. The molecule has 7 heteroatoms. The molecule has 1 heterocycles. The molecule has 0 aliphatic carbocycles. The Morgan fingerprint density at radius 1 is 1.00 bits per heavy atom. The monoisotopic (exact) mass is 438 g/mol. The Morgan fingerprint density at radius 2 is 1.71 bits per heavy atom. The van der Waals surface area contributed by atoms with Crippen LogP contribution in [0.25, 0.3) is 0 Å². The van der Waals surface area contributed by atoms with Crippen molar-refractivity contribution >= 4 is 23.0 Å². The molecule has 0 fully saturated rings. The third-order valence-corrected chi connectivity index (χ3v) is 5.34. The van der Waals surface area contributed by atoms with Gasteiger partial charge < -0.3 is 24.4 Å². The maximum absolute atomic E-state index is 13.4. The van der Waals surface area contributed by atoms with Crippen molar-refractivity contribution in [3.05, 3.63) is 83.2 Å². The summed E-state index contributed by atoms with van der Waals surface area (Å²) in [6.07, 6.45) is 0. The summed E-state index contributed by atoms with van der Waals surface area (Å²) in [6, 6.07) is 18.2. The highest BCUT2D eigenvalue weighted by Crippen LogP contribution is 2.33. The molecular formula is C24H23FN2O3S. The first-order chi connectivity index (χ1) is 15.0. The molecule has 0 atom stereocenters. The first-order valence-electron chi connectivity index (χ1n) is 9.85. The minimum atomic E-state index is -0.267. The van der Waals surface area contributed by atoms with Gasteiger partial charge >= 0.3 is 0 Å². The molecule has 0 saturated heterocycles. The van der Waals surface area contributed by atoms with E-state index in [9.17, 15) is 4.39 Å². The van der Waals surface area contributed by atoms with E-state index in [4.69, 9.17) is 26.4 Å². The van der Waals surface area contributed by atoms with Gasteiger partial charge in [-0.2, -0.15) is 0 Å². The van der Waals surface area contributed by atoms with Crippen molar-refractivity contribution in [3.63, 3.8) is 0 Å². The van der Waals surface area contributed by atoms with Crippen LogP contribution >= 0.6 is 12.2 Å². The Labute approximate surface area is 186 Å². The van der Waals surface area contributed by atoms with Crippen LogP contribution < -0.4 is 19.5 Å². The normalized spacial score (nSPS) is 11.8. The van der Waals surface area contributed by atoms with Gasteiger partial charge in [-0.25, -0.2) is 4.39 Å². The largest absolute Gasteiger partial charge is 0.495 e. The van der Waals surface area contributed by atoms with Gasteiger partial charge in [-0.1, -0.05) is 24.3 Å². The number of aryl methyl sites for hydroxylation is 1. The van der Waals surface area contributed by atoms with Gasteiger partial charge in [0, 0.05) is 13.1 Å². The summed E-state index contributed by atoms with van der Waals surface area (Å²) in [6.45, 7) is 3.28. The van der Waals surface area contributed by atoms with Crippen LogP contribution in [0.3, 0.4) is 0 Å². The van der Waals surface area contributed by atoms with Crippen molar-refractivity contribution in [1.29, 1.82) is 0 Å². The third-order valence-electron chi connectivity index (χ3n) is 4.98. The lowest BCUT2D eigenvalue weighted by atomic mass is 10.1. The Bertz CT molecular complexity index is 1090. The first-order valence-corrected chi connectivity index (χ1v) is 10.3. The minimum Gasteiger partial charge on any atom is -0.495 e. The lowest BCUT2D eigenvalue weighted by Crippen LogP contribution is -2.34. The van der Waals surface area contributed by atoms with E-state index < -0.39 is 0 Å². The van der Waals surface area contributed by atoms with Gasteiger partial charge in [0.1, 0.15) is 11.6 Å². The zero-order valence-corrected chi connectivity index (χ0v) is 18.2. The van der Waals surface area contributed by atoms with E-state index in [1.54, 1.807) is 19.2 Å². The van der Waals surface area contributed by atoms with Crippen LogP contribution in [0.15, 0.2) is 60.7 Å². The Morgan fingerprint density at radius 3 is 2.48 bits per heavy atom. The van der Waals surface area contributed by atoms with E-state index in [0.717, 1.165) is 33.9 Å². The van der Waals surface area contributed by atoms with Crippen LogP contribution in [0, 0.1) is 12.7 Å². The molecule has 1 N–H and O–H groups in total. The lowest BCUT2D eigenvalue weighted by Gasteiger charge is -2.27. The lowest BCUT2D eigenvalue weighted by molar-refractivity contribution is 0.174. The van der Waals surface area contributed by atoms with E-state index in [-0.39, 0.29) is 12.6 Å². The summed E-state index contributed by atoms with van der Waals surface area (Å²) in [7, 11) is 1.63. The van der Waals surface area contributed by atoms with Crippen molar-refractivity contribution < 1.29 is 18.6 Å². The molecule has 5 nitrogen and oxygen atoms in total. The zero-order chi connectivity index (χ0) is 21.8. The maximum Gasteiger partial charge on any atom is 0.231 e. The summed E-state index contributed by atoms with van der Waals surface area (Å²) in [5.41, 5.74) is 3.85. The maximum atomic E-state index is 13.4. The number of fused-ring (bicyclic) bond motifs is 1. The number of ether oxygens (including phenoxy) is 3. The molecule has 0 unspecified atom stereocenters. The average Bonchev–Trinajstić information content (AvgIpc) is 3.24. The van der Waals surface area contributed by atoms with Gasteiger partial charge in [-0.05, 0) is 72.2 Å². The summed E-state index contributed by atoms with van der Waals surface area (Å²) >= 11 is 5.75. The van der Waals surface area contributed by atoms with E-state index in [0.29, 0.717) is 24.0 Å². The van der Waals surface area contributed by atoms with Gasteiger partial charge in [-0.15, -0.1) is 0 Å². The molecule has 1 aliphatic rings. The summed E-state index contributed by atoms with van der Waals surface area (Å²) in [5.74, 6) is 1.90. The molecular weight excluding hydrogens is 415 g/mol. The number of halogens is 1. The number of anilines is 1. The predicted molar refractivity (Wildman–Crippen MR) is 122 cm³/mol. The van der Waals surface area contributed by atoms with Gasteiger partial charge in [0.05, 0.1) is 12.8 Å². The van der Waals surface area contributed by atoms with Crippen molar-refractivity contribution in [3.8, 4) is 17.2 Å². The van der Waals surface area contributed by atoms with E-state index in [1.165, 1.54) is 12.1 Å². The fraction of sp³-hybridized carbons (Fsp3) is 0.208. The molecule has 0 saturated carbocycles. The van der Waals surface area contributed by atoms with E-state index in [1.807, 2.05) is 48.2 Å². The fourth-order valence-corrected chi connectivity index (χ4v) is 3.60. The number of benzene rings is 3. The number of hydrogen-bond donors (Lipinski definition) is 1. The number of hydrogen-bond acceptors (Lipinski definition) is 4. The number of nitrogens with one attached hydrogen (secondary N) is 1. The Hall–Kier alpha value is -3.32. The molecule has 1 aliphatic heterocycles. The Balaban J connectivity index is 1.58. The molecule has 4 rings (SSSR count). The third kappa shape index (κ3) is 5.06. The molecule has 0 spiro atoms. The van der Waals surface area contributed by atoms with Crippen molar-refractivity contribution in [1.82, 2.24) is 4.90 Å². The van der Waals surface area contributed by atoms with Crippen LogP contribution in [-0.2, 0) is 13.1 Å². The standard InChI is InChI=1S/C24H23FN2O3S/c1-16-3-9-20(22(11-16)28-2)26-24(31)27(13-17-4-7-19(25)8-5-17)14-18-6-10-21-23(12-18)30-15-29-21/h3-12H,13-15H2,1-2H3,(H,26,31). The highest BCUT2D eigenvalue weighted by Gasteiger charge is 2.17. The highest BCUT2D eigenvalue weighted by molar-refractivity contribution is 7.80. The second-order valence-electron chi connectivity index (χ2n) is 7.30. The SMILES string of the molecule is COc1cc(C)ccc1NC(=S)N(Cc1ccc(F)cc1)Cc1ccc2c(c1)OCO2. The number of methoxy groups -OCH3 is 1. The van der Waals surface area contributed by atoms with Crippen LogP contribution in [0.4, 0.5) is 10.1 Å². The van der Waals surface area contributed by atoms with E-state index >= 15 is 0 Å². The fourth-order valence-electron chi connectivity index (χ4n) is 3.37. The van der Waals surface area contributed by atoms with Crippen LogP contribution in [0.1, 0.15) is 16.7 Å². The van der Waals surface area contributed by atoms with Crippen LogP contribution in [0.5, 0.6) is 17.2 Å². The summed E-state index contributed by atoms with van der Waals surface area (Å²) in [4.78, 5) is 2.01. The highest BCUT2D eigenvalue weighted by atomic mass is 32.1. The van der Waals surface area contributed by atoms with Crippen molar-refractivity contribution in [2.75, 3.05) is 19.2 Å². The molecule has 0 aromatic heterocycles. The Kier molecular flexibility index (Phi) is 6.23. The second-order valence-corrected chi connectivity index (χ2v) is 7.69. The van der Waals surface area contributed by atoms with E-state index in [2.05, 4.69) is 5.32 Å². The number of thiocarbonyl (C=S) groups is 1. The molecule has 3 aromatic rings. The molecule has 160 valence electrons. The van der Waals surface area contributed by atoms with Gasteiger partial charge in [-0.3, -0.25) is 0 Å². The second kappa shape index (κ2) is 9.22. The van der Waals surface area contributed by atoms with Crippen LogP contribution in [-0.4, -0.2) is 23.9 Å². The molecule has 0 bridgehead atoms. The molecule has 31 heavy (non-hydrogen) atoms. The number of nitrogens with zero attached hydrogens (tertiary/aromatic N) is 1. The van der Waals surface area contributed by atoms with Crippen molar-refractivity contribution in [2.24, 2.45) is 0 Å². The summed E-state index contributed by atoms with van der Waals surface area (Å²) < 4.78 is 29.8. The van der Waals surface area contributed by atoms with Gasteiger partial charge in [0.15, 0.2) is 16.6 Å². The van der Waals surface area contributed by atoms with Gasteiger partial charge in [0.25, 0.3) is 0 Å². The topological polar surface area (TPSA) is 43.0 Å². The predicted octanol–water partition coefficient (Wildman–Crippen LogP) is 5.27. The molecule has 3 aromatic carbocycles. The quantitative estimate of drug-likeness (QED) is 0.529. The molecule has 0 amide bonds. The molecule has 0 radical (unpaired) electrons. The minimum absolute atomic E-state index is 0.227. The van der Waals surface area contributed by atoms with Gasteiger partial charge in [0.2, 0.25) is 6.79 Å². The van der Waals surface area contributed by atoms with Crippen molar-refractivity contribution in [2.45, 2.75) is 20.0 Å². The number of rotatable bonds is 6. The zero-order valence-electron chi connectivity index (χ0n) is 17.4.